The molecule has 2 aromatic carbocycles. The molecule has 4 rings (SSSR count). The summed E-state index contributed by atoms with van der Waals surface area (Å²) in [5.41, 5.74) is 1.39. The lowest BCUT2D eigenvalue weighted by Gasteiger charge is -2.14. The Balaban J connectivity index is 1.81. The van der Waals surface area contributed by atoms with Gasteiger partial charge in [0.05, 0.1) is 20.8 Å². The van der Waals surface area contributed by atoms with Gasteiger partial charge in [0.2, 0.25) is 5.95 Å². The number of aryl methyl sites for hydroxylation is 1. The molecule has 9 nitrogen and oxygen atoms in total. The number of halogens is 3. The molecule has 1 N–H and O–H groups in total. The number of rotatable bonds is 9. The van der Waals surface area contributed by atoms with Crippen LogP contribution in [0.5, 0.6) is 11.5 Å². The quantitative estimate of drug-likeness (QED) is 0.199. The third-order valence-corrected chi connectivity index (χ3v) is 5.65. The molecule has 0 spiro atoms. The molecule has 0 atom stereocenters. The van der Waals surface area contributed by atoms with E-state index in [9.17, 15) is 18.0 Å². The Kier molecular flexibility index (Phi) is 8.37. The molecule has 0 radical (unpaired) electrons. The zero-order valence-electron chi connectivity index (χ0n) is 22.1. The van der Waals surface area contributed by atoms with Crippen molar-refractivity contribution in [2.45, 2.75) is 20.0 Å². The molecule has 0 bridgehead atoms. The number of nitrogens with one attached hydrogen (secondary N) is 1. The lowest BCUT2D eigenvalue weighted by Crippen LogP contribution is -2.10. The van der Waals surface area contributed by atoms with E-state index in [1.165, 1.54) is 33.4 Å². The van der Waals surface area contributed by atoms with Gasteiger partial charge in [-0.25, -0.2) is 14.5 Å². The predicted molar refractivity (Wildman–Crippen MR) is 143 cm³/mol. The fourth-order valence-corrected chi connectivity index (χ4v) is 3.80. The van der Waals surface area contributed by atoms with Crippen molar-refractivity contribution in [2.24, 2.45) is 0 Å². The van der Waals surface area contributed by atoms with Crippen LogP contribution >= 0.6 is 0 Å². The smallest absolute Gasteiger partial charge is 0.435 e. The SMILES string of the molecule is CCOC(=O)/C=C/c1cccc(-c2cnc(Nc3cc(OC)cc(OC)c3)nc2-n2nc(C(F)(F)F)cc2C)c1. The number of alkyl halides is 3. The van der Waals surface area contributed by atoms with Gasteiger partial charge in [-0.1, -0.05) is 18.2 Å². The summed E-state index contributed by atoms with van der Waals surface area (Å²) in [7, 11) is 3.02. The third-order valence-electron chi connectivity index (χ3n) is 5.65. The molecule has 4 aromatic rings. The highest BCUT2D eigenvalue weighted by Crippen LogP contribution is 2.33. The largest absolute Gasteiger partial charge is 0.497 e. The minimum atomic E-state index is -4.64. The molecule has 2 heterocycles. The number of carbonyl (C=O) groups excluding carboxylic acids is 1. The van der Waals surface area contributed by atoms with Crippen LogP contribution in [0.25, 0.3) is 23.0 Å². The Morgan fingerprint density at radius 3 is 2.42 bits per heavy atom. The molecule has 12 heteroatoms. The highest BCUT2D eigenvalue weighted by molar-refractivity contribution is 5.87. The topological polar surface area (TPSA) is 100 Å². The van der Waals surface area contributed by atoms with Gasteiger partial charge >= 0.3 is 12.1 Å². The molecule has 0 saturated carbocycles. The van der Waals surface area contributed by atoms with Crippen molar-refractivity contribution in [3.05, 3.63) is 77.8 Å². The van der Waals surface area contributed by atoms with Gasteiger partial charge in [-0.05, 0) is 43.2 Å². The number of aromatic nitrogens is 4. The summed E-state index contributed by atoms with van der Waals surface area (Å²) in [5, 5.41) is 6.85. The Hall–Kier alpha value is -4.87. The zero-order valence-corrected chi connectivity index (χ0v) is 22.1. The fourth-order valence-electron chi connectivity index (χ4n) is 3.80. The van der Waals surface area contributed by atoms with Gasteiger partial charge in [-0.15, -0.1) is 0 Å². The van der Waals surface area contributed by atoms with Gasteiger partial charge in [0.1, 0.15) is 11.5 Å². The number of ether oxygens (including phenoxy) is 3. The van der Waals surface area contributed by atoms with Gasteiger partial charge in [0, 0.05) is 47.4 Å². The minimum absolute atomic E-state index is 0.107. The van der Waals surface area contributed by atoms with E-state index in [0.29, 0.717) is 33.9 Å². The summed E-state index contributed by atoms with van der Waals surface area (Å²) in [5.74, 6) is 0.768. The van der Waals surface area contributed by atoms with Crippen LogP contribution in [0.2, 0.25) is 0 Å². The average Bonchev–Trinajstić information content (AvgIpc) is 3.34. The molecule has 2 aromatic heterocycles. The predicted octanol–water partition coefficient (Wildman–Crippen LogP) is 5.99. The highest BCUT2D eigenvalue weighted by Gasteiger charge is 2.35. The molecule has 0 unspecified atom stereocenters. The summed E-state index contributed by atoms with van der Waals surface area (Å²) in [4.78, 5) is 20.7. The second kappa shape index (κ2) is 11.9. The summed E-state index contributed by atoms with van der Waals surface area (Å²) in [6.07, 6.45) is -0.276. The van der Waals surface area contributed by atoms with Crippen LogP contribution in [0.15, 0.2) is 60.8 Å². The lowest BCUT2D eigenvalue weighted by atomic mass is 10.0. The van der Waals surface area contributed by atoms with E-state index in [4.69, 9.17) is 14.2 Å². The van der Waals surface area contributed by atoms with Crippen LogP contribution in [0.1, 0.15) is 23.9 Å². The lowest BCUT2D eigenvalue weighted by molar-refractivity contribution is -0.141. The first-order valence-corrected chi connectivity index (χ1v) is 12.1. The standard InChI is InChI=1S/C28H26F3N5O4/c1-5-40-25(37)10-9-18-7-6-8-19(12-18)23-16-32-27(33-20-13-21(38-3)15-22(14-20)39-4)34-26(23)36-17(2)11-24(35-36)28(29,30)31/h6-16H,5H2,1-4H3,(H,32,33,34)/b10-9+. The summed E-state index contributed by atoms with van der Waals surface area (Å²) < 4.78 is 57.1. The molecule has 0 aliphatic carbocycles. The summed E-state index contributed by atoms with van der Waals surface area (Å²) in [6, 6.07) is 13.1. The van der Waals surface area contributed by atoms with Crippen molar-refractivity contribution in [1.29, 1.82) is 0 Å². The van der Waals surface area contributed by atoms with Crippen LogP contribution in [0.3, 0.4) is 0 Å². The number of hydrogen-bond acceptors (Lipinski definition) is 8. The number of benzene rings is 2. The second-order valence-corrected chi connectivity index (χ2v) is 8.45. The van der Waals surface area contributed by atoms with Crippen molar-refractivity contribution >= 4 is 23.7 Å². The van der Waals surface area contributed by atoms with Gasteiger partial charge < -0.3 is 19.5 Å². The van der Waals surface area contributed by atoms with E-state index >= 15 is 0 Å². The number of esters is 1. The van der Waals surface area contributed by atoms with E-state index in [-0.39, 0.29) is 24.1 Å². The monoisotopic (exact) mass is 553 g/mol. The summed E-state index contributed by atoms with van der Waals surface area (Å²) in [6.45, 7) is 3.46. The molecule has 208 valence electrons. The maximum Gasteiger partial charge on any atom is 0.435 e. The first-order valence-electron chi connectivity index (χ1n) is 12.1. The van der Waals surface area contributed by atoms with Crippen molar-refractivity contribution in [3.8, 4) is 28.4 Å². The molecule has 0 aliphatic heterocycles. The maximum atomic E-state index is 13.5. The van der Waals surface area contributed by atoms with Crippen LogP contribution < -0.4 is 14.8 Å². The van der Waals surface area contributed by atoms with Crippen LogP contribution in [-0.2, 0) is 15.7 Å². The minimum Gasteiger partial charge on any atom is -0.497 e. The molecule has 0 amide bonds. The first kappa shape index (κ1) is 28.1. The molecule has 0 saturated heterocycles. The van der Waals surface area contributed by atoms with Crippen molar-refractivity contribution < 1.29 is 32.2 Å². The van der Waals surface area contributed by atoms with Gasteiger partial charge in [-0.2, -0.15) is 23.3 Å². The Morgan fingerprint density at radius 2 is 1.80 bits per heavy atom. The third kappa shape index (κ3) is 6.57. The maximum absolute atomic E-state index is 13.5. The molecular formula is C28H26F3N5O4. The fraction of sp³-hybridized carbons (Fsp3) is 0.214. The average molecular weight is 554 g/mol. The Labute approximate surface area is 228 Å². The Morgan fingerprint density at radius 1 is 1.07 bits per heavy atom. The van der Waals surface area contributed by atoms with Gasteiger partial charge in [0.15, 0.2) is 11.5 Å². The number of hydrogen-bond donors (Lipinski definition) is 1. The van der Waals surface area contributed by atoms with Crippen molar-refractivity contribution in [3.63, 3.8) is 0 Å². The van der Waals surface area contributed by atoms with Gasteiger partial charge in [-0.3, -0.25) is 0 Å². The molecular weight excluding hydrogens is 527 g/mol. The molecule has 40 heavy (non-hydrogen) atoms. The van der Waals surface area contributed by atoms with Crippen LogP contribution in [0, 0.1) is 6.92 Å². The Bertz CT molecular complexity index is 1530. The summed E-state index contributed by atoms with van der Waals surface area (Å²) >= 11 is 0. The first-order chi connectivity index (χ1) is 19.1. The molecule has 0 aliphatic rings. The normalized spacial score (nSPS) is 11.5. The van der Waals surface area contributed by atoms with Crippen LogP contribution in [-0.4, -0.2) is 46.5 Å². The van der Waals surface area contributed by atoms with E-state index < -0.39 is 17.8 Å². The highest BCUT2D eigenvalue weighted by atomic mass is 19.4. The van der Waals surface area contributed by atoms with Gasteiger partial charge in [0.25, 0.3) is 0 Å². The number of carbonyl (C=O) groups is 1. The van der Waals surface area contributed by atoms with E-state index in [1.54, 1.807) is 55.5 Å². The van der Waals surface area contributed by atoms with E-state index in [1.807, 2.05) is 0 Å². The van der Waals surface area contributed by atoms with E-state index in [2.05, 4.69) is 20.4 Å². The molecule has 0 fully saturated rings. The number of anilines is 2. The van der Waals surface area contributed by atoms with Crippen molar-refractivity contribution in [1.82, 2.24) is 19.7 Å². The van der Waals surface area contributed by atoms with Crippen LogP contribution in [0.4, 0.5) is 24.8 Å². The van der Waals surface area contributed by atoms with Crippen molar-refractivity contribution in [2.75, 3.05) is 26.1 Å². The van der Waals surface area contributed by atoms with E-state index in [0.717, 1.165) is 10.7 Å². The second-order valence-electron chi connectivity index (χ2n) is 8.45. The number of methoxy groups -OCH3 is 2. The zero-order chi connectivity index (χ0) is 28.9. The number of nitrogens with zero attached hydrogens (tertiary/aromatic N) is 4.